The van der Waals surface area contributed by atoms with Gasteiger partial charge in [-0.05, 0) is 6.07 Å². The second-order valence-corrected chi connectivity index (χ2v) is 3.41. The van der Waals surface area contributed by atoms with Gasteiger partial charge in [0.2, 0.25) is 0 Å². The number of nitrogens with two attached hydrogens (primary N) is 2. The topological polar surface area (TPSA) is 82.8 Å². The maximum absolute atomic E-state index is 6.08. The van der Waals surface area contributed by atoms with Crippen LogP contribution in [0.25, 0.3) is 0 Å². The van der Waals surface area contributed by atoms with Gasteiger partial charge in [0.05, 0.1) is 24.3 Å². The van der Waals surface area contributed by atoms with Gasteiger partial charge in [0.25, 0.3) is 0 Å². The summed E-state index contributed by atoms with van der Waals surface area (Å²) in [6.45, 7) is 0. The number of aryl methyl sites for hydroxylation is 1. The molecule has 5 nitrogen and oxygen atoms in total. The number of imidazole rings is 1. The number of pyridine rings is 1. The number of nitrogens with zero attached hydrogens (tertiary/aromatic N) is 3. The van der Waals surface area contributed by atoms with Crippen molar-refractivity contribution < 1.29 is 0 Å². The molecule has 0 fully saturated rings. The molecule has 2 rings (SSSR count). The molecule has 1 atom stereocenters. The molecule has 0 radical (unpaired) electrons. The third-order valence-corrected chi connectivity index (χ3v) is 2.39. The van der Waals surface area contributed by atoms with Crippen molar-refractivity contribution in [1.29, 1.82) is 0 Å². The number of aromatic nitrogens is 3. The highest BCUT2D eigenvalue weighted by Gasteiger charge is 2.14. The maximum Gasteiger partial charge on any atom is 0.0946 e. The van der Waals surface area contributed by atoms with Gasteiger partial charge in [0.15, 0.2) is 0 Å². The Bertz CT molecular complexity index is 462. The van der Waals surface area contributed by atoms with Gasteiger partial charge in [-0.1, -0.05) is 0 Å². The zero-order valence-corrected chi connectivity index (χ0v) is 8.46. The van der Waals surface area contributed by atoms with Crippen molar-refractivity contribution >= 4 is 5.69 Å². The molecule has 0 saturated carbocycles. The SMILES string of the molecule is Cn1cncc1C(N)c1cnccc1N. The summed E-state index contributed by atoms with van der Waals surface area (Å²) >= 11 is 0. The summed E-state index contributed by atoms with van der Waals surface area (Å²) in [5, 5.41) is 0. The van der Waals surface area contributed by atoms with Crippen LogP contribution >= 0.6 is 0 Å². The lowest BCUT2D eigenvalue weighted by Gasteiger charge is -2.13. The van der Waals surface area contributed by atoms with Crippen molar-refractivity contribution in [3.8, 4) is 0 Å². The van der Waals surface area contributed by atoms with Crippen LogP contribution in [-0.4, -0.2) is 14.5 Å². The van der Waals surface area contributed by atoms with Gasteiger partial charge < -0.3 is 16.0 Å². The van der Waals surface area contributed by atoms with Gasteiger partial charge >= 0.3 is 0 Å². The average molecular weight is 203 g/mol. The first kappa shape index (κ1) is 9.67. The van der Waals surface area contributed by atoms with E-state index < -0.39 is 0 Å². The lowest BCUT2D eigenvalue weighted by atomic mass is 10.1. The highest BCUT2D eigenvalue weighted by atomic mass is 15.0. The quantitative estimate of drug-likeness (QED) is 0.742. The van der Waals surface area contributed by atoms with E-state index in [0.29, 0.717) is 5.69 Å². The van der Waals surface area contributed by atoms with E-state index in [2.05, 4.69) is 9.97 Å². The van der Waals surface area contributed by atoms with Crippen LogP contribution in [0.2, 0.25) is 0 Å². The molecular formula is C10H13N5. The molecule has 4 N–H and O–H groups in total. The van der Waals surface area contributed by atoms with E-state index in [1.807, 2.05) is 11.6 Å². The highest BCUT2D eigenvalue weighted by Crippen LogP contribution is 2.22. The van der Waals surface area contributed by atoms with Gasteiger partial charge in [-0.25, -0.2) is 4.98 Å². The van der Waals surface area contributed by atoms with Crippen molar-refractivity contribution in [2.75, 3.05) is 5.73 Å². The predicted octanol–water partition coefficient (Wildman–Crippen LogP) is 0.445. The molecule has 0 aliphatic heterocycles. The van der Waals surface area contributed by atoms with E-state index in [1.54, 1.807) is 31.0 Å². The Kier molecular flexibility index (Phi) is 2.39. The summed E-state index contributed by atoms with van der Waals surface area (Å²) in [7, 11) is 1.90. The fourth-order valence-corrected chi connectivity index (χ4v) is 1.50. The molecule has 0 aromatic carbocycles. The molecule has 2 aromatic rings. The van der Waals surface area contributed by atoms with Crippen LogP contribution in [0.3, 0.4) is 0 Å². The van der Waals surface area contributed by atoms with Gasteiger partial charge in [0.1, 0.15) is 0 Å². The Morgan fingerprint density at radius 1 is 1.33 bits per heavy atom. The molecule has 0 amide bonds. The highest BCUT2D eigenvalue weighted by molar-refractivity contribution is 5.48. The molecule has 1 unspecified atom stereocenters. The molecule has 78 valence electrons. The minimum Gasteiger partial charge on any atom is -0.398 e. The molecular weight excluding hydrogens is 190 g/mol. The van der Waals surface area contributed by atoms with Crippen LogP contribution in [-0.2, 0) is 7.05 Å². The number of hydrogen-bond donors (Lipinski definition) is 2. The molecule has 0 aliphatic rings. The fourth-order valence-electron chi connectivity index (χ4n) is 1.50. The fraction of sp³-hybridized carbons (Fsp3) is 0.200. The first-order chi connectivity index (χ1) is 7.20. The van der Waals surface area contributed by atoms with Gasteiger partial charge in [-0.2, -0.15) is 0 Å². The normalized spacial score (nSPS) is 12.7. The monoisotopic (exact) mass is 203 g/mol. The van der Waals surface area contributed by atoms with Crippen molar-refractivity contribution in [2.45, 2.75) is 6.04 Å². The summed E-state index contributed by atoms with van der Waals surface area (Å²) in [5.41, 5.74) is 14.3. The van der Waals surface area contributed by atoms with Crippen LogP contribution in [0, 0.1) is 0 Å². The molecule has 2 heterocycles. The predicted molar refractivity (Wildman–Crippen MR) is 57.9 cm³/mol. The second kappa shape index (κ2) is 3.70. The third-order valence-electron chi connectivity index (χ3n) is 2.39. The van der Waals surface area contributed by atoms with Gasteiger partial charge in [-0.3, -0.25) is 4.98 Å². The Labute approximate surface area is 87.8 Å². The lowest BCUT2D eigenvalue weighted by Crippen LogP contribution is -2.17. The van der Waals surface area contributed by atoms with Crippen LogP contribution in [0.15, 0.2) is 31.0 Å². The van der Waals surface area contributed by atoms with E-state index in [4.69, 9.17) is 11.5 Å². The van der Waals surface area contributed by atoms with E-state index in [0.717, 1.165) is 11.3 Å². The minimum absolute atomic E-state index is 0.286. The first-order valence-corrected chi connectivity index (χ1v) is 4.61. The summed E-state index contributed by atoms with van der Waals surface area (Å²) < 4.78 is 1.87. The zero-order chi connectivity index (χ0) is 10.8. The van der Waals surface area contributed by atoms with Gasteiger partial charge in [0, 0.05) is 30.7 Å². The Balaban J connectivity index is 2.41. The molecule has 0 bridgehead atoms. The number of nitrogen functional groups attached to an aromatic ring is 1. The second-order valence-electron chi connectivity index (χ2n) is 3.41. The summed E-state index contributed by atoms with van der Waals surface area (Å²) in [6, 6.07) is 1.46. The summed E-state index contributed by atoms with van der Waals surface area (Å²) in [5.74, 6) is 0. The van der Waals surface area contributed by atoms with Crippen molar-refractivity contribution in [3.05, 3.63) is 42.2 Å². The third kappa shape index (κ3) is 1.69. The van der Waals surface area contributed by atoms with Crippen LogP contribution in [0.5, 0.6) is 0 Å². The van der Waals surface area contributed by atoms with E-state index in [9.17, 15) is 0 Å². The number of anilines is 1. The Morgan fingerprint density at radius 2 is 2.13 bits per heavy atom. The van der Waals surface area contributed by atoms with Crippen LogP contribution < -0.4 is 11.5 Å². The number of rotatable bonds is 2. The van der Waals surface area contributed by atoms with Crippen molar-refractivity contribution in [2.24, 2.45) is 12.8 Å². The molecule has 2 aromatic heterocycles. The zero-order valence-electron chi connectivity index (χ0n) is 8.46. The minimum atomic E-state index is -0.286. The molecule has 0 saturated heterocycles. The number of hydrogen-bond acceptors (Lipinski definition) is 4. The molecule has 0 aliphatic carbocycles. The summed E-state index contributed by atoms with van der Waals surface area (Å²) in [6.07, 6.45) is 6.78. The van der Waals surface area contributed by atoms with E-state index in [1.165, 1.54) is 0 Å². The largest absolute Gasteiger partial charge is 0.398 e. The smallest absolute Gasteiger partial charge is 0.0946 e. The summed E-state index contributed by atoms with van der Waals surface area (Å²) in [4.78, 5) is 8.04. The molecule has 0 spiro atoms. The van der Waals surface area contributed by atoms with E-state index >= 15 is 0 Å². The van der Waals surface area contributed by atoms with Crippen molar-refractivity contribution in [1.82, 2.24) is 14.5 Å². The maximum atomic E-state index is 6.08. The standard InChI is InChI=1S/C10H13N5/c1-15-6-14-5-9(15)10(12)7-4-13-3-2-8(7)11/h2-6,10H,12H2,1H3,(H2,11,13). The molecule has 5 heteroatoms. The van der Waals surface area contributed by atoms with Crippen LogP contribution in [0.1, 0.15) is 17.3 Å². The van der Waals surface area contributed by atoms with Crippen molar-refractivity contribution in [3.63, 3.8) is 0 Å². The Hall–Kier alpha value is -1.88. The van der Waals surface area contributed by atoms with Crippen LogP contribution in [0.4, 0.5) is 5.69 Å². The first-order valence-electron chi connectivity index (χ1n) is 4.61. The average Bonchev–Trinajstić information content (AvgIpc) is 2.64. The van der Waals surface area contributed by atoms with Gasteiger partial charge in [-0.15, -0.1) is 0 Å². The van der Waals surface area contributed by atoms with E-state index in [-0.39, 0.29) is 6.04 Å². The molecule has 15 heavy (non-hydrogen) atoms. The lowest BCUT2D eigenvalue weighted by molar-refractivity contribution is 0.745. The Morgan fingerprint density at radius 3 is 2.73 bits per heavy atom.